The van der Waals surface area contributed by atoms with Gasteiger partial charge in [-0.3, -0.25) is 9.89 Å². The molecule has 0 amide bonds. The first-order valence-corrected chi connectivity index (χ1v) is 10.7. The number of rotatable bonds is 4. The number of ether oxygens (including phenoxy) is 1. The third kappa shape index (κ3) is 2.39. The highest BCUT2D eigenvalue weighted by molar-refractivity contribution is 5.80. The van der Waals surface area contributed by atoms with Crippen LogP contribution in [0.5, 0.6) is 0 Å². The number of nitrogens with zero attached hydrogens (tertiary/aromatic N) is 6. The molecule has 4 unspecified atom stereocenters. The predicted molar refractivity (Wildman–Crippen MR) is 110 cm³/mol. The van der Waals surface area contributed by atoms with Gasteiger partial charge >= 0.3 is 5.97 Å². The van der Waals surface area contributed by atoms with Crippen LogP contribution in [0.4, 0.5) is 5.69 Å². The molecule has 3 aromatic rings. The van der Waals surface area contributed by atoms with E-state index in [4.69, 9.17) is 14.8 Å². The molecule has 31 heavy (non-hydrogen) atoms. The van der Waals surface area contributed by atoms with Crippen molar-refractivity contribution in [1.82, 2.24) is 29.8 Å². The largest absolute Gasteiger partial charge is 0.481 e. The lowest BCUT2D eigenvalue weighted by Gasteiger charge is -2.46. The van der Waals surface area contributed by atoms with Gasteiger partial charge in [0.2, 0.25) is 0 Å². The number of pyridine rings is 1. The van der Waals surface area contributed by atoms with E-state index in [9.17, 15) is 9.90 Å². The van der Waals surface area contributed by atoms with E-state index in [1.165, 1.54) is 6.42 Å². The molecule has 2 N–H and O–H groups in total. The molecule has 3 aromatic heterocycles. The van der Waals surface area contributed by atoms with Gasteiger partial charge in [-0.15, -0.1) is 5.10 Å². The second-order valence-electron chi connectivity index (χ2n) is 9.45. The van der Waals surface area contributed by atoms with E-state index in [1.807, 2.05) is 13.1 Å². The van der Waals surface area contributed by atoms with Crippen LogP contribution in [0, 0.1) is 25.2 Å². The number of hydrogen-bond acceptors (Lipinski definition) is 7. The maximum Gasteiger partial charge on any atom is 0.313 e. The Balaban J connectivity index is 1.44. The van der Waals surface area contributed by atoms with Crippen LogP contribution in [0.1, 0.15) is 48.7 Å². The highest BCUT2D eigenvalue weighted by Crippen LogP contribution is 2.70. The molecule has 4 atom stereocenters. The molecule has 0 aromatic carbocycles. The van der Waals surface area contributed by atoms with Crippen molar-refractivity contribution in [3.63, 3.8) is 0 Å². The Hall–Kier alpha value is -3.01. The lowest BCUT2D eigenvalue weighted by atomic mass is 9.53. The molecular formula is C21H25N7O3. The molecule has 3 saturated heterocycles. The van der Waals surface area contributed by atoms with Crippen LogP contribution < -0.4 is 4.90 Å². The van der Waals surface area contributed by atoms with Crippen LogP contribution in [0.15, 0.2) is 12.3 Å². The lowest BCUT2D eigenvalue weighted by molar-refractivity contribution is -0.158. The van der Waals surface area contributed by atoms with E-state index in [-0.39, 0.29) is 6.61 Å². The van der Waals surface area contributed by atoms with Gasteiger partial charge in [-0.25, -0.2) is 14.5 Å². The summed E-state index contributed by atoms with van der Waals surface area (Å²) in [5.74, 6) is 0.853. The molecule has 4 aliphatic rings. The summed E-state index contributed by atoms with van der Waals surface area (Å²) in [6.07, 6.45) is 3.52. The van der Waals surface area contributed by atoms with Gasteiger partial charge in [0.1, 0.15) is 16.8 Å². The Labute approximate surface area is 178 Å². The highest BCUT2D eigenvalue weighted by atomic mass is 16.5. The Morgan fingerprint density at radius 3 is 2.87 bits per heavy atom. The maximum absolute atomic E-state index is 12.2. The Bertz CT molecular complexity index is 1220. The van der Waals surface area contributed by atoms with Gasteiger partial charge in [0.25, 0.3) is 0 Å². The molecule has 10 heteroatoms. The third-order valence-corrected chi connectivity index (χ3v) is 7.25. The molecule has 7 rings (SSSR count). The van der Waals surface area contributed by atoms with Crippen molar-refractivity contribution in [3.8, 4) is 0 Å². The van der Waals surface area contributed by atoms with E-state index in [1.54, 1.807) is 11.4 Å². The van der Waals surface area contributed by atoms with Gasteiger partial charge in [0.05, 0.1) is 24.4 Å². The molecule has 0 spiro atoms. The molecule has 10 nitrogen and oxygen atoms in total. The van der Waals surface area contributed by atoms with Gasteiger partial charge in [-0.05, 0) is 37.8 Å². The van der Waals surface area contributed by atoms with Gasteiger partial charge in [-0.1, -0.05) is 6.92 Å². The number of aromatic amines is 1. The first-order valence-electron chi connectivity index (χ1n) is 10.7. The van der Waals surface area contributed by atoms with Crippen molar-refractivity contribution in [2.45, 2.75) is 45.1 Å². The van der Waals surface area contributed by atoms with Gasteiger partial charge in [0, 0.05) is 19.5 Å². The van der Waals surface area contributed by atoms with E-state index >= 15 is 0 Å². The number of anilines is 1. The van der Waals surface area contributed by atoms with Crippen LogP contribution in [0.2, 0.25) is 0 Å². The smallest absolute Gasteiger partial charge is 0.313 e. The fourth-order valence-electron chi connectivity index (χ4n) is 5.65. The quantitative estimate of drug-likeness (QED) is 0.651. The van der Waals surface area contributed by atoms with Crippen LogP contribution in [0.25, 0.3) is 5.65 Å². The summed E-state index contributed by atoms with van der Waals surface area (Å²) in [6, 6.07) is 2.15. The number of carbonyl (C=O) groups is 1. The van der Waals surface area contributed by atoms with Crippen molar-refractivity contribution in [2.75, 3.05) is 24.6 Å². The van der Waals surface area contributed by atoms with Crippen LogP contribution in [-0.2, 0) is 15.1 Å². The molecular weight excluding hydrogens is 398 g/mol. The van der Waals surface area contributed by atoms with Crippen molar-refractivity contribution < 1.29 is 14.6 Å². The number of hydrogen-bond donors (Lipinski definition) is 2. The standard InChI is InChI=1S/C21H25N7O3/c1-11-4-5-27(7-11)14-6-12(2)17-23-18(26-28(17)8-14)21-9-20(10-31-21,19(29)30)15(21)16-22-13(3)24-25-16/h6,8,11,15H,4-5,7,9-10H2,1-3H3,(H,29,30)(H,22,24,25). The summed E-state index contributed by atoms with van der Waals surface area (Å²) in [5.41, 5.74) is 0.949. The van der Waals surface area contributed by atoms with Crippen molar-refractivity contribution in [1.29, 1.82) is 0 Å². The first kappa shape index (κ1) is 18.7. The van der Waals surface area contributed by atoms with Crippen molar-refractivity contribution in [2.24, 2.45) is 11.3 Å². The number of carboxylic acid groups (broad SMARTS) is 1. The maximum atomic E-state index is 12.2. The molecule has 1 aliphatic carbocycles. The minimum absolute atomic E-state index is 0.103. The SMILES string of the molecule is Cc1nc(C2C3(C(=O)O)COC2(c2nc4c(C)cc(N5CCC(C)C5)cn4n2)C3)n[nH]1. The normalized spacial score (nSPS) is 32.0. The van der Waals surface area contributed by atoms with Gasteiger partial charge in [0.15, 0.2) is 17.3 Å². The van der Waals surface area contributed by atoms with E-state index < -0.39 is 22.9 Å². The molecule has 4 fully saturated rings. The predicted octanol–water partition coefficient (Wildman–Crippen LogP) is 1.79. The molecule has 1 saturated carbocycles. The Morgan fingerprint density at radius 2 is 2.19 bits per heavy atom. The zero-order valence-electron chi connectivity index (χ0n) is 17.8. The average molecular weight is 423 g/mol. The summed E-state index contributed by atoms with van der Waals surface area (Å²) in [4.78, 5) is 23.8. The van der Waals surface area contributed by atoms with Crippen molar-refractivity contribution in [3.05, 3.63) is 35.3 Å². The monoisotopic (exact) mass is 423 g/mol. The van der Waals surface area contributed by atoms with Crippen LogP contribution >= 0.6 is 0 Å². The van der Waals surface area contributed by atoms with E-state index in [0.717, 1.165) is 30.0 Å². The van der Waals surface area contributed by atoms with Gasteiger partial charge < -0.3 is 14.7 Å². The van der Waals surface area contributed by atoms with Gasteiger partial charge in [-0.2, -0.15) is 5.10 Å². The topological polar surface area (TPSA) is 122 Å². The fraction of sp³-hybridized carbons (Fsp3) is 0.571. The second kappa shape index (κ2) is 6.03. The minimum atomic E-state index is -1.04. The zero-order chi connectivity index (χ0) is 21.5. The number of carboxylic acids is 1. The molecule has 2 bridgehead atoms. The summed E-state index contributed by atoms with van der Waals surface area (Å²) < 4.78 is 7.94. The summed E-state index contributed by atoms with van der Waals surface area (Å²) in [6.45, 7) is 8.27. The van der Waals surface area contributed by atoms with E-state index in [0.29, 0.717) is 29.8 Å². The number of nitrogens with one attached hydrogen (secondary N) is 1. The molecule has 162 valence electrons. The summed E-state index contributed by atoms with van der Waals surface area (Å²) in [5, 5.41) is 21.9. The number of aromatic nitrogens is 6. The van der Waals surface area contributed by atoms with Crippen LogP contribution in [0.3, 0.4) is 0 Å². The Kier molecular flexibility index (Phi) is 3.64. The third-order valence-electron chi connectivity index (χ3n) is 7.25. The molecule has 3 aliphatic heterocycles. The fourth-order valence-corrected chi connectivity index (χ4v) is 5.65. The number of H-pyrrole nitrogens is 1. The van der Waals surface area contributed by atoms with E-state index in [2.05, 4.69) is 33.1 Å². The average Bonchev–Trinajstić information content (AvgIpc) is 3.48. The zero-order valence-corrected chi connectivity index (χ0v) is 17.8. The molecule has 0 radical (unpaired) electrons. The minimum Gasteiger partial charge on any atom is -0.481 e. The summed E-state index contributed by atoms with van der Waals surface area (Å²) in [7, 11) is 0. The van der Waals surface area contributed by atoms with Crippen molar-refractivity contribution >= 4 is 17.3 Å². The summed E-state index contributed by atoms with van der Waals surface area (Å²) >= 11 is 0. The highest BCUT2D eigenvalue weighted by Gasteiger charge is 2.78. The lowest BCUT2D eigenvalue weighted by Crippen LogP contribution is -2.55. The number of fused-ring (bicyclic) bond motifs is 2. The first-order chi connectivity index (χ1) is 14.8. The number of aliphatic carboxylic acids is 1. The van der Waals surface area contributed by atoms with Crippen LogP contribution in [-0.4, -0.2) is 60.6 Å². The Morgan fingerprint density at radius 1 is 1.35 bits per heavy atom. The number of aryl methyl sites for hydroxylation is 2. The molecule has 6 heterocycles. The second-order valence-corrected chi connectivity index (χ2v) is 9.45.